The number of rotatable bonds is 6. The highest BCUT2D eigenvalue weighted by Crippen LogP contribution is 2.06. The number of aliphatic carboxylic acids is 1. The quantitative estimate of drug-likeness (QED) is 0.776. The maximum Gasteiger partial charge on any atom is 0.348 e. The molecule has 0 heterocycles. The van der Waals surface area contributed by atoms with E-state index in [1.807, 2.05) is 6.07 Å². The number of hydrogen-bond acceptors (Lipinski definition) is 5. The molecule has 1 N–H and O–H groups in total. The number of ether oxygens (including phenoxy) is 2. The molecular weight excluding hydrogens is 252 g/mol. The van der Waals surface area contributed by atoms with Crippen LogP contribution in [-0.2, 0) is 30.5 Å². The second-order valence-corrected chi connectivity index (χ2v) is 3.79. The normalized spacial score (nSPS) is 11.4. The Kier molecular flexibility index (Phi) is 5.53. The number of carboxylic acids is 1. The van der Waals surface area contributed by atoms with Gasteiger partial charge < -0.3 is 14.6 Å². The van der Waals surface area contributed by atoms with Gasteiger partial charge in [-0.3, -0.25) is 9.59 Å². The van der Waals surface area contributed by atoms with Crippen LogP contribution in [0.4, 0.5) is 0 Å². The summed E-state index contributed by atoms with van der Waals surface area (Å²) in [5.41, 5.74) is 0.757. The summed E-state index contributed by atoms with van der Waals surface area (Å²) >= 11 is 0. The summed E-state index contributed by atoms with van der Waals surface area (Å²) in [7, 11) is 0. The smallest absolute Gasteiger partial charge is 0.348 e. The molecule has 1 atom stereocenters. The molecule has 0 saturated heterocycles. The lowest BCUT2D eigenvalue weighted by atomic mass is 10.2. The van der Waals surface area contributed by atoms with Crippen LogP contribution in [0.25, 0.3) is 0 Å². The van der Waals surface area contributed by atoms with Gasteiger partial charge in [-0.25, -0.2) is 4.79 Å². The zero-order chi connectivity index (χ0) is 14.3. The monoisotopic (exact) mass is 266 g/mol. The molecule has 102 valence electrons. The van der Waals surface area contributed by atoms with Crippen LogP contribution in [0.2, 0.25) is 0 Å². The summed E-state index contributed by atoms with van der Waals surface area (Å²) in [6.07, 6.45) is -2.04. The van der Waals surface area contributed by atoms with E-state index in [9.17, 15) is 14.4 Å². The van der Waals surface area contributed by atoms with Gasteiger partial charge in [-0.05, 0) is 5.56 Å². The first-order chi connectivity index (χ1) is 8.99. The Morgan fingerprint density at radius 3 is 2.37 bits per heavy atom. The maximum atomic E-state index is 11.6. The van der Waals surface area contributed by atoms with Gasteiger partial charge in [0, 0.05) is 6.92 Å². The molecule has 0 fully saturated rings. The molecular formula is C13H14O6. The molecule has 1 aromatic rings. The average molecular weight is 266 g/mol. The summed E-state index contributed by atoms with van der Waals surface area (Å²) in [6, 6.07) is 8.89. The third-order valence-electron chi connectivity index (χ3n) is 2.16. The minimum atomic E-state index is -1.42. The number of hydrogen-bond donors (Lipinski definition) is 1. The highest BCUT2D eigenvalue weighted by Gasteiger charge is 2.26. The fraction of sp³-hybridized carbons (Fsp3) is 0.308. The first-order valence-corrected chi connectivity index (χ1v) is 5.58. The predicted molar refractivity (Wildman–Crippen MR) is 64.0 cm³/mol. The number of carboxylic acid groups (broad SMARTS) is 1. The van der Waals surface area contributed by atoms with Crippen LogP contribution in [0, 0.1) is 0 Å². The van der Waals surface area contributed by atoms with Crippen molar-refractivity contribution in [3.63, 3.8) is 0 Å². The van der Waals surface area contributed by atoms with Crippen molar-refractivity contribution in [1.29, 1.82) is 0 Å². The lowest BCUT2D eigenvalue weighted by Crippen LogP contribution is -2.30. The molecule has 0 spiro atoms. The Hall–Kier alpha value is -2.37. The SMILES string of the molecule is CC(=O)O[C@@H](CC(=O)O)C(=O)OCc1ccccc1. The van der Waals surface area contributed by atoms with Crippen LogP contribution in [0.5, 0.6) is 0 Å². The van der Waals surface area contributed by atoms with Crippen LogP contribution >= 0.6 is 0 Å². The molecule has 0 amide bonds. The Bertz CT molecular complexity index is 437. The molecule has 0 aliphatic rings. The van der Waals surface area contributed by atoms with Gasteiger partial charge in [-0.15, -0.1) is 0 Å². The van der Waals surface area contributed by atoms with Crippen molar-refractivity contribution >= 4 is 17.9 Å². The standard InChI is InChI=1S/C13H14O6/c1-9(14)19-11(7-12(15)16)13(17)18-8-10-5-3-2-4-6-10/h2-6,11H,7-8H2,1H3,(H,15,16)/t11-/m0/s1. The average Bonchev–Trinajstić information content (AvgIpc) is 2.35. The maximum absolute atomic E-state index is 11.6. The zero-order valence-electron chi connectivity index (χ0n) is 10.4. The van der Waals surface area contributed by atoms with Crippen LogP contribution in [0.3, 0.4) is 0 Å². The van der Waals surface area contributed by atoms with Gasteiger partial charge in [0.1, 0.15) is 6.61 Å². The van der Waals surface area contributed by atoms with Gasteiger partial charge in [0.15, 0.2) is 0 Å². The van der Waals surface area contributed by atoms with Crippen molar-refractivity contribution in [3.05, 3.63) is 35.9 Å². The number of benzene rings is 1. The minimum Gasteiger partial charge on any atom is -0.481 e. The topological polar surface area (TPSA) is 89.9 Å². The Morgan fingerprint density at radius 2 is 1.84 bits per heavy atom. The van der Waals surface area contributed by atoms with E-state index < -0.39 is 30.4 Å². The first kappa shape index (κ1) is 14.7. The van der Waals surface area contributed by atoms with E-state index in [4.69, 9.17) is 9.84 Å². The fourth-order valence-electron chi connectivity index (χ4n) is 1.35. The zero-order valence-corrected chi connectivity index (χ0v) is 10.4. The summed E-state index contributed by atoms with van der Waals surface area (Å²) < 4.78 is 9.53. The van der Waals surface area contributed by atoms with E-state index in [1.165, 1.54) is 0 Å². The third kappa shape index (κ3) is 5.67. The lowest BCUT2D eigenvalue weighted by molar-refractivity contribution is -0.170. The van der Waals surface area contributed by atoms with E-state index in [0.717, 1.165) is 12.5 Å². The van der Waals surface area contributed by atoms with Crippen molar-refractivity contribution in [2.24, 2.45) is 0 Å². The summed E-state index contributed by atoms with van der Waals surface area (Å²) in [5, 5.41) is 8.63. The van der Waals surface area contributed by atoms with E-state index in [0.29, 0.717) is 0 Å². The highest BCUT2D eigenvalue weighted by atomic mass is 16.6. The van der Waals surface area contributed by atoms with E-state index in [-0.39, 0.29) is 6.61 Å². The number of esters is 2. The third-order valence-corrected chi connectivity index (χ3v) is 2.16. The van der Waals surface area contributed by atoms with Gasteiger partial charge in [-0.2, -0.15) is 0 Å². The lowest BCUT2D eigenvalue weighted by Gasteiger charge is -2.14. The largest absolute Gasteiger partial charge is 0.481 e. The molecule has 0 unspecified atom stereocenters. The van der Waals surface area contributed by atoms with Crippen molar-refractivity contribution in [1.82, 2.24) is 0 Å². The number of carbonyl (C=O) groups is 3. The van der Waals surface area contributed by atoms with Crippen molar-refractivity contribution in [2.75, 3.05) is 0 Å². The number of carbonyl (C=O) groups excluding carboxylic acids is 2. The van der Waals surface area contributed by atoms with Crippen LogP contribution in [0.1, 0.15) is 18.9 Å². The Morgan fingerprint density at radius 1 is 1.21 bits per heavy atom. The van der Waals surface area contributed by atoms with Gasteiger partial charge in [-0.1, -0.05) is 30.3 Å². The van der Waals surface area contributed by atoms with Gasteiger partial charge in [0.2, 0.25) is 6.10 Å². The highest BCUT2D eigenvalue weighted by molar-refractivity contribution is 5.83. The Balaban J connectivity index is 2.56. The van der Waals surface area contributed by atoms with Crippen LogP contribution in [-0.4, -0.2) is 29.1 Å². The molecule has 6 nitrogen and oxygen atoms in total. The molecule has 0 saturated carbocycles. The van der Waals surface area contributed by atoms with E-state index in [1.54, 1.807) is 24.3 Å². The molecule has 0 radical (unpaired) electrons. The minimum absolute atomic E-state index is 0.00292. The molecule has 0 aromatic heterocycles. The van der Waals surface area contributed by atoms with Gasteiger partial charge in [0.05, 0.1) is 6.42 Å². The fourth-order valence-corrected chi connectivity index (χ4v) is 1.35. The van der Waals surface area contributed by atoms with E-state index in [2.05, 4.69) is 4.74 Å². The molecule has 1 aromatic carbocycles. The van der Waals surface area contributed by atoms with Crippen LogP contribution < -0.4 is 0 Å². The van der Waals surface area contributed by atoms with E-state index >= 15 is 0 Å². The Labute approximate surface area is 109 Å². The summed E-state index contributed by atoms with van der Waals surface area (Å²) in [6.45, 7) is 1.09. The molecule has 0 bridgehead atoms. The van der Waals surface area contributed by atoms with Crippen molar-refractivity contribution in [2.45, 2.75) is 26.1 Å². The molecule has 1 rings (SSSR count). The second-order valence-electron chi connectivity index (χ2n) is 3.79. The van der Waals surface area contributed by atoms with Crippen molar-refractivity contribution in [3.8, 4) is 0 Å². The first-order valence-electron chi connectivity index (χ1n) is 5.58. The summed E-state index contributed by atoms with van der Waals surface area (Å²) in [5.74, 6) is -2.85. The molecule has 6 heteroatoms. The molecule has 0 aliphatic heterocycles. The predicted octanol–water partition coefficient (Wildman–Crippen LogP) is 1.14. The van der Waals surface area contributed by atoms with Gasteiger partial charge in [0.25, 0.3) is 0 Å². The van der Waals surface area contributed by atoms with Crippen LogP contribution in [0.15, 0.2) is 30.3 Å². The second kappa shape index (κ2) is 7.15. The van der Waals surface area contributed by atoms with Gasteiger partial charge >= 0.3 is 17.9 Å². The van der Waals surface area contributed by atoms with Crippen molar-refractivity contribution < 1.29 is 29.0 Å². The molecule has 0 aliphatic carbocycles. The summed E-state index contributed by atoms with van der Waals surface area (Å²) in [4.78, 5) is 33.0. The molecule has 19 heavy (non-hydrogen) atoms.